The van der Waals surface area contributed by atoms with Crippen molar-refractivity contribution in [2.45, 2.75) is 12.6 Å². The number of aliphatic hydroxyl groups is 1. The normalized spacial score (nSPS) is 16.0. The van der Waals surface area contributed by atoms with Gasteiger partial charge in [-0.2, -0.15) is 0 Å². The molecule has 1 amide bonds. The molecule has 3 heterocycles. The van der Waals surface area contributed by atoms with E-state index in [-0.39, 0.29) is 17.9 Å². The standard InChI is InChI=1S/C26H20N2O5/c1-32-19-11-9-16(10-12-19)23-22(24(29)21-14-17-6-2-3-8-20(17)33-21)25(30)26(31)28(23)15-18-7-4-5-13-27-18/h2-14,23,30H,15H2,1H3. The molecule has 33 heavy (non-hydrogen) atoms. The summed E-state index contributed by atoms with van der Waals surface area (Å²) in [4.78, 5) is 32.4. The molecule has 0 aliphatic carbocycles. The van der Waals surface area contributed by atoms with Crippen molar-refractivity contribution in [2.75, 3.05) is 7.11 Å². The number of carbonyl (C=O) groups excluding carboxylic acids is 2. The summed E-state index contributed by atoms with van der Waals surface area (Å²) in [5.41, 5.74) is 1.81. The zero-order valence-corrected chi connectivity index (χ0v) is 17.8. The predicted molar refractivity (Wildman–Crippen MR) is 121 cm³/mol. The summed E-state index contributed by atoms with van der Waals surface area (Å²) in [5, 5.41) is 11.6. The number of pyridine rings is 1. The van der Waals surface area contributed by atoms with Crippen LogP contribution in [0.1, 0.15) is 27.9 Å². The minimum absolute atomic E-state index is 0.0276. The van der Waals surface area contributed by atoms with E-state index in [1.807, 2.05) is 24.3 Å². The molecule has 0 fully saturated rings. The number of aromatic nitrogens is 1. The number of amides is 1. The molecular weight excluding hydrogens is 420 g/mol. The number of aliphatic hydroxyl groups excluding tert-OH is 1. The predicted octanol–water partition coefficient (Wildman–Crippen LogP) is 4.61. The average Bonchev–Trinajstić information content (AvgIpc) is 3.39. The minimum Gasteiger partial charge on any atom is -0.503 e. The Balaban J connectivity index is 1.59. The van der Waals surface area contributed by atoms with Gasteiger partial charge in [-0.1, -0.05) is 36.4 Å². The second-order valence-corrected chi connectivity index (χ2v) is 7.67. The van der Waals surface area contributed by atoms with Gasteiger partial charge < -0.3 is 19.2 Å². The Morgan fingerprint density at radius 3 is 2.55 bits per heavy atom. The van der Waals surface area contributed by atoms with Crippen LogP contribution >= 0.6 is 0 Å². The van der Waals surface area contributed by atoms with Crippen LogP contribution in [0.4, 0.5) is 0 Å². The first kappa shape index (κ1) is 20.5. The van der Waals surface area contributed by atoms with E-state index in [0.29, 0.717) is 22.6 Å². The van der Waals surface area contributed by atoms with E-state index in [4.69, 9.17) is 9.15 Å². The Morgan fingerprint density at radius 1 is 1.09 bits per heavy atom. The number of para-hydroxylation sites is 1. The summed E-state index contributed by atoms with van der Waals surface area (Å²) >= 11 is 0. The zero-order valence-electron chi connectivity index (χ0n) is 17.8. The number of fused-ring (bicyclic) bond motifs is 1. The zero-order chi connectivity index (χ0) is 22.9. The van der Waals surface area contributed by atoms with Gasteiger partial charge in [0.25, 0.3) is 5.91 Å². The van der Waals surface area contributed by atoms with E-state index in [1.54, 1.807) is 61.8 Å². The van der Waals surface area contributed by atoms with Crippen molar-refractivity contribution in [1.29, 1.82) is 0 Å². The number of rotatable bonds is 6. The fraction of sp³-hybridized carbons (Fsp3) is 0.115. The summed E-state index contributed by atoms with van der Waals surface area (Å²) in [6.07, 6.45) is 1.63. The first-order chi connectivity index (χ1) is 16.1. The van der Waals surface area contributed by atoms with E-state index in [1.165, 1.54) is 4.90 Å². The molecule has 5 rings (SSSR count). The highest BCUT2D eigenvalue weighted by atomic mass is 16.5. The Morgan fingerprint density at radius 2 is 1.85 bits per heavy atom. The van der Waals surface area contributed by atoms with Gasteiger partial charge in [0.15, 0.2) is 11.5 Å². The van der Waals surface area contributed by atoms with Gasteiger partial charge in [0.1, 0.15) is 11.3 Å². The number of ether oxygens (including phenoxy) is 1. The number of Topliss-reactive ketones (excluding diaryl/α,β-unsaturated/α-hetero) is 1. The highest BCUT2D eigenvalue weighted by molar-refractivity contribution is 6.16. The van der Waals surface area contributed by atoms with Crippen molar-refractivity contribution in [3.8, 4) is 5.75 Å². The molecule has 1 aliphatic heterocycles. The van der Waals surface area contributed by atoms with Gasteiger partial charge in [-0.05, 0) is 42.0 Å². The van der Waals surface area contributed by atoms with Gasteiger partial charge in [0.2, 0.25) is 5.78 Å². The van der Waals surface area contributed by atoms with Crippen LogP contribution in [0.5, 0.6) is 5.75 Å². The maximum Gasteiger partial charge on any atom is 0.290 e. The fourth-order valence-corrected chi connectivity index (χ4v) is 4.07. The molecule has 0 saturated carbocycles. The number of carbonyl (C=O) groups is 2. The lowest BCUT2D eigenvalue weighted by Gasteiger charge is -2.26. The van der Waals surface area contributed by atoms with E-state index in [9.17, 15) is 14.7 Å². The molecule has 1 aliphatic rings. The van der Waals surface area contributed by atoms with Crippen molar-refractivity contribution >= 4 is 22.7 Å². The molecule has 4 aromatic rings. The van der Waals surface area contributed by atoms with Crippen molar-refractivity contribution in [3.05, 3.63) is 107 Å². The van der Waals surface area contributed by atoms with Crippen LogP contribution < -0.4 is 4.74 Å². The second-order valence-electron chi connectivity index (χ2n) is 7.67. The van der Waals surface area contributed by atoms with Gasteiger partial charge in [0.05, 0.1) is 31.0 Å². The van der Waals surface area contributed by atoms with Crippen molar-refractivity contribution in [2.24, 2.45) is 0 Å². The second kappa shape index (κ2) is 8.27. The minimum atomic E-state index is -0.814. The highest BCUT2D eigenvalue weighted by Crippen LogP contribution is 2.40. The summed E-state index contributed by atoms with van der Waals surface area (Å²) in [6, 6.07) is 20.5. The van der Waals surface area contributed by atoms with Gasteiger partial charge in [-0.3, -0.25) is 14.6 Å². The summed E-state index contributed by atoms with van der Waals surface area (Å²) < 4.78 is 11.0. The summed E-state index contributed by atoms with van der Waals surface area (Å²) in [6.45, 7) is 0.122. The Labute approximate surface area is 189 Å². The van der Waals surface area contributed by atoms with Crippen LogP contribution in [-0.2, 0) is 11.3 Å². The molecule has 0 bridgehead atoms. The van der Waals surface area contributed by atoms with Gasteiger partial charge in [-0.25, -0.2) is 0 Å². The lowest BCUT2D eigenvalue weighted by atomic mass is 9.95. The number of furan rings is 1. The van der Waals surface area contributed by atoms with Crippen molar-refractivity contribution in [3.63, 3.8) is 0 Å². The number of methoxy groups -OCH3 is 1. The molecule has 0 spiro atoms. The summed E-state index contributed by atoms with van der Waals surface area (Å²) in [7, 11) is 1.56. The molecule has 7 heteroatoms. The molecule has 0 saturated heterocycles. The average molecular weight is 440 g/mol. The van der Waals surface area contributed by atoms with Gasteiger partial charge >= 0.3 is 0 Å². The van der Waals surface area contributed by atoms with E-state index < -0.39 is 23.5 Å². The molecule has 7 nitrogen and oxygen atoms in total. The van der Waals surface area contributed by atoms with Crippen LogP contribution in [-0.4, -0.2) is 33.8 Å². The Kier molecular flexibility index (Phi) is 5.14. The molecule has 2 aromatic carbocycles. The SMILES string of the molecule is COc1ccc(C2C(C(=O)c3cc4ccccc4o3)=C(O)C(=O)N2Cc2ccccn2)cc1. The number of ketones is 1. The molecule has 1 unspecified atom stereocenters. The lowest BCUT2D eigenvalue weighted by molar-refractivity contribution is -0.130. The van der Waals surface area contributed by atoms with Crippen LogP contribution in [0.2, 0.25) is 0 Å². The molecule has 0 radical (unpaired) electrons. The maximum absolute atomic E-state index is 13.5. The number of hydrogen-bond donors (Lipinski definition) is 1. The Hall–Kier alpha value is -4.39. The smallest absolute Gasteiger partial charge is 0.290 e. The highest BCUT2D eigenvalue weighted by Gasteiger charge is 2.44. The quantitative estimate of drug-likeness (QED) is 0.440. The van der Waals surface area contributed by atoms with E-state index in [0.717, 1.165) is 5.39 Å². The van der Waals surface area contributed by atoms with Crippen LogP contribution in [0.25, 0.3) is 11.0 Å². The molecule has 164 valence electrons. The first-order valence-corrected chi connectivity index (χ1v) is 10.4. The Bertz CT molecular complexity index is 1340. The molecule has 1 N–H and O–H groups in total. The topological polar surface area (TPSA) is 92.9 Å². The van der Waals surface area contributed by atoms with E-state index >= 15 is 0 Å². The number of nitrogens with zero attached hydrogens (tertiary/aromatic N) is 2. The number of benzene rings is 2. The summed E-state index contributed by atoms with van der Waals surface area (Å²) in [5.74, 6) is -1.07. The number of hydrogen-bond acceptors (Lipinski definition) is 6. The van der Waals surface area contributed by atoms with Gasteiger partial charge in [-0.15, -0.1) is 0 Å². The fourth-order valence-electron chi connectivity index (χ4n) is 4.07. The third-order valence-electron chi connectivity index (χ3n) is 5.69. The first-order valence-electron chi connectivity index (χ1n) is 10.4. The van der Waals surface area contributed by atoms with Crippen LogP contribution in [0.3, 0.4) is 0 Å². The van der Waals surface area contributed by atoms with E-state index in [2.05, 4.69) is 4.98 Å². The molecule has 2 aromatic heterocycles. The monoisotopic (exact) mass is 440 g/mol. The maximum atomic E-state index is 13.5. The third kappa shape index (κ3) is 3.63. The largest absolute Gasteiger partial charge is 0.503 e. The molecule has 1 atom stereocenters. The van der Waals surface area contributed by atoms with Crippen molar-refractivity contribution in [1.82, 2.24) is 9.88 Å². The third-order valence-corrected chi connectivity index (χ3v) is 5.69. The van der Waals surface area contributed by atoms with Gasteiger partial charge in [0, 0.05) is 11.6 Å². The van der Waals surface area contributed by atoms with Crippen LogP contribution in [0, 0.1) is 0 Å². The van der Waals surface area contributed by atoms with Crippen LogP contribution in [0.15, 0.2) is 94.7 Å². The lowest BCUT2D eigenvalue weighted by Crippen LogP contribution is -2.31. The molecular formula is C26H20N2O5. The van der Waals surface area contributed by atoms with Crippen molar-refractivity contribution < 1.29 is 23.8 Å².